The molecule has 118 valence electrons. The number of aromatic nitrogens is 3. The molecule has 1 aliphatic heterocycles. The molecule has 1 aliphatic rings. The highest BCUT2D eigenvalue weighted by molar-refractivity contribution is 5.92. The Morgan fingerprint density at radius 2 is 2.45 bits per heavy atom. The van der Waals surface area contributed by atoms with Crippen LogP contribution in [0.25, 0.3) is 0 Å². The minimum absolute atomic E-state index is 0.0256. The number of rotatable bonds is 5. The van der Waals surface area contributed by atoms with Crippen LogP contribution in [0.4, 0.5) is 0 Å². The first-order chi connectivity index (χ1) is 10.7. The fourth-order valence-corrected chi connectivity index (χ4v) is 2.50. The number of amides is 1. The Hall–Kier alpha value is -2.19. The second-order valence-electron chi connectivity index (χ2n) is 5.41. The predicted octanol–water partition coefficient (Wildman–Crippen LogP) is -0.0556. The molecule has 0 radical (unpaired) electrons. The van der Waals surface area contributed by atoms with Gasteiger partial charge in [-0.1, -0.05) is 5.16 Å². The van der Waals surface area contributed by atoms with E-state index in [0.29, 0.717) is 18.8 Å². The summed E-state index contributed by atoms with van der Waals surface area (Å²) >= 11 is 0. The summed E-state index contributed by atoms with van der Waals surface area (Å²) in [5, 5.41) is 14.1. The lowest BCUT2D eigenvalue weighted by molar-refractivity contribution is 0.0773. The minimum atomic E-state index is -0.262. The quantitative estimate of drug-likeness (QED) is 0.804. The van der Waals surface area contributed by atoms with Crippen molar-refractivity contribution < 1.29 is 14.1 Å². The molecule has 0 bridgehead atoms. The number of aryl methyl sites for hydroxylation is 1. The molecule has 2 aromatic heterocycles. The number of hydrogen-bond donors (Lipinski definition) is 2. The molecule has 3 rings (SSSR count). The third-order valence-electron chi connectivity index (χ3n) is 3.65. The molecule has 0 aliphatic carbocycles. The maximum Gasteiger partial charge on any atom is 0.273 e. The third-order valence-corrected chi connectivity index (χ3v) is 3.65. The lowest BCUT2D eigenvalue weighted by Crippen LogP contribution is -2.43. The molecule has 1 amide bonds. The summed E-state index contributed by atoms with van der Waals surface area (Å²) in [6.07, 6.45) is 3.64. The number of carbonyl (C=O) groups excluding carboxylic acids is 1. The first-order valence-corrected chi connectivity index (χ1v) is 7.14. The molecule has 0 aromatic carbocycles. The van der Waals surface area contributed by atoms with Crippen LogP contribution < -0.4 is 10.6 Å². The smallest absolute Gasteiger partial charge is 0.273 e. The molecule has 8 nitrogen and oxygen atoms in total. The van der Waals surface area contributed by atoms with Gasteiger partial charge in [-0.25, -0.2) is 0 Å². The van der Waals surface area contributed by atoms with Crippen molar-refractivity contribution in [1.82, 2.24) is 25.6 Å². The van der Waals surface area contributed by atoms with Gasteiger partial charge in [0, 0.05) is 32.5 Å². The van der Waals surface area contributed by atoms with E-state index in [0.717, 1.165) is 12.1 Å². The summed E-state index contributed by atoms with van der Waals surface area (Å²) < 4.78 is 12.2. The standard InChI is InChI=1S/C14H19N5O3/c1-9-4-16-19(7-9)8-10-3-11(18-22-10)14(20)17-12-5-15-6-13(12)21-2/h3-4,7,12-13,15H,5-6,8H2,1-2H3,(H,17,20). The van der Waals surface area contributed by atoms with Crippen molar-refractivity contribution in [2.24, 2.45) is 0 Å². The van der Waals surface area contributed by atoms with E-state index in [2.05, 4.69) is 20.9 Å². The zero-order chi connectivity index (χ0) is 15.5. The van der Waals surface area contributed by atoms with Crippen molar-refractivity contribution in [2.45, 2.75) is 25.6 Å². The van der Waals surface area contributed by atoms with Gasteiger partial charge in [-0.05, 0) is 12.5 Å². The van der Waals surface area contributed by atoms with Crippen molar-refractivity contribution in [3.05, 3.63) is 35.5 Å². The molecule has 2 aromatic rings. The molecule has 2 N–H and O–H groups in total. The molecule has 1 fully saturated rings. The van der Waals surface area contributed by atoms with Crippen LogP contribution in [0.15, 0.2) is 23.0 Å². The van der Waals surface area contributed by atoms with Crippen LogP contribution in [0.5, 0.6) is 0 Å². The maximum absolute atomic E-state index is 12.2. The van der Waals surface area contributed by atoms with Gasteiger partial charge in [0.1, 0.15) is 6.54 Å². The number of carbonyl (C=O) groups is 1. The van der Waals surface area contributed by atoms with E-state index < -0.39 is 0 Å². The average Bonchev–Trinajstić information content (AvgIpc) is 3.21. The average molecular weight is 305 g/mol. The Bertz CT molecular complexity index is 650. The Balaban J connectivity index is 1.61. The topological polar surface area (TPSA) is 94.2 Å². The van der Waals surface area contributed by atoms with Gasteiger partial charge in [0.25, 0.3) is 5.91 Å². The second kappa shape index (κ2) is 6.29. The minimum Gasteiger partial charge on any atom is -0.378 e. The normalized spacial score (nSPS) is 21.2. The van der Waals surface area contributed by atoms with Crippen molar-refractivity contribution >= 4 is 5.91 Å². The summed E-state index contributed by atoms with van der Waals surface area (Å²) in [4.78, 5) is 12.2. The van der Waals surface area contributed by atoms with E-state index >= 15 is 0 Å². The van der Waals surface area contributed by atoms with Crippen molar-refractivity contribution in [2.75, 3.05) is 20.2 Å². The van der Waals surface area contributed by atoms with E-state index in [9.17, 15) is 4.79 Å². The molecule has 0 saturated carbocycles. The SMILES string of the molecule is COC1CNCC1NC(=O)c1cc(Cn2cc(C)cn2)on1. The highest BCUT2D eigenvalue weighted by Crippen LogP contribution is 2.09. The van der Waals surface area contributed by atoms with Gasteiger partial charge in [0.2, 0.25) is 0 Å². The number of ether oxygens (including phenoxy) is 1. The zero-order valence-electron chi connectivity index (χ0n) is 12.6. The van der Waals surface area contributed by atoms with E-state index in [4.69, 9.17) is 9.26 Å². The number of hydrogen-bond acceptors (Lipinski definition) is 6. The van der Waals surface area contributed by atoms with E-state index in [-0.39, 0.29) is 23.7 Å². The predicted molar refractivity (Wildman–Crippen MR) is 77.5 cm³/mol. The molecular weight excluding hydrogens is 286 g/mol. The first kappa shape index (κ1) is 14.7. The summed E-state index contributed by atoms with van der Waals surface area (Å²) in [7, 11) is 1.64. The van der Waals surface area contributed by atoms with Crippen LogP contribution in [0.3, 0.4) is 0 Å². The van der Waals surface area contributed by atoms with E-state index in [1.807, 2.05) is 13.1 Å². The van der Waals surface area contributed by atoms with Crippen LogP contribution in [0.1, 0.15) is 21.8 Å². The summed E-state index contributed by atoms with van der Waals surface area (Å²) in [6.45, 7) is 3.82. The van der Waals surface area contributed by atoms with Crippen LogP contribution in [-0.4, -0.2) is 53.2 Å². The molecule has 0 spiro atoms. The van der Waals surface area contributed by atoms with Crippen molar-refractivity contribution in [3.63, 3.8) is 0 Å². The number of methoxy groups -OCH3 is 1. The Labute approximate surface area is 127 Å². The second-order valence-corrected chi connectivity index (χ2v) is 5.41. The highest BCUT2D eigenvalue weighted by Gasteiger charge is 2.29. The summed E-state index contributed by atoms with van der Waals surface area (Å²) in [5.41, 5.74) is 1.33. The Morgan fingerprint density at radius 1 is 1.59 bits per heavy atom. The Morgan fingerprint density at radius 3 is 3.18 bits per heavy atom. The number of nitrogens with one attached hydrogen (secondary N) is 2. The summed E-state index contributed by atoms with van der Waals surface area (Å²) in [6, 6.07) is 1.57. The van der Waals surface area contributed by atoms with Gasteiger partial charge in [-0.15, -0.1) is 0 Å². The summed E-state index contributed by atoms with van der Waals surface area (Å²) in [5.74, 6) is 0.323. The van der Waals surface area contributed by atoms with Crippen LogP contribution in [0.2, 0.25) is 0 Å². The van der Waals surface area contributed by atoms with Gasteiger partial charge >= 0.3 is 0 Å². The van der Waals surface area contributed by atoms with Crippen LogP contribution >= 0.6 is 0 Å². The van der Waals surface area contributed by atoms with Crippen molar-refractivity contribution in [3.8, 4) is 0 Å². The maximum atomic E-state index is 12.2. The zero-order valence-corrected chi connectivity index (χ0v) is 12.6. The van der Waals surface area contributed by atoms with Crippen molar-refractivity contribution in [1.29, 1.82) is 0 Å². The fraction of sp³-hybridized carbons (Fsp3) is 0.500. The third kappa shape index (κ3) is 3.18. The van der Waals surface area contributed by atoms with Gasteiger partial charge in [-0.3, -0.25) is 9.48 Å². The van der Waals surface area contributed by atoms with Gasteiger partial charge in [0.05, 0.1) is 18.3 Å². The largest absolute Gasteiger partial charge is 0.378 e. The monoisotopic (exact) mass is 305 g/mol. The van der Waals surface area contributed by atoms with E-state index in [1.165, 1.54) is 0 Å². The Kier molecular flexibility index (Phi) is 4.21. The first-order valence-electron chi connectivity index (χ1n) is 7.14. The lowest BCUT2D eigenvalue weighted by Gasteiger charge is -2.17. The lowest BCUT2D eigenvalue weighted by atomic mass is 10.2. The molecule has 2 unspecified atom stereocenters. The molecule has 8 heteroatoms. The molecule has 2 atom stereocenters. The molecular formula is C14H19N5O3. The van der Waals surface area contributed by atoms with Crippen LogP contribution in [0, 0.1) is 6.92 Å². The van der Waals surface area contributed by atoms with E-state index in [1.54, 1.807) is 24.1 Å². The molecule has 3 heterocycles. The number of nitrogens with zero attached hydrogens (tertiary/aromatic N) is 3. The van der Waals surface area contributed by atoms with Crippen LogP contribution in [-0.2, 0) is 11.3 Å². The highest BCUT2D eigenvalue weighted by atomic mass is 16.5. The molecule has 22 heavy (non-hydrogen) atoms. The van der Waals surface area contributed by atoms with Gasteiger partial charge < -0.3 is 19.9 Å². The van der Waals surface area contributed by atoms with Gasteiger partial charge in [0.15, 0.2) is 11.5 Å². The molecule has 1 saturated heterocycles. The van der Waals surface area contributed by atoms with Gasteiger partial charge in [-0.2, -0.15) is 5.10 Å². The fourth-order valence-electron chi connectivity index (χ4n) is 2.50.